The summed E-state index contributed by atoms with van der Waals surface area (Å²) in [5.74, 6) is 0.401. The van der Waals surface area contributed by atoms with Gasteiger partial charge in [-0.25, -0.2) is 4.79 Å². The minimum Gasteiger partial charge on any atom is -0.453 e. The molecule has 1 amide bonds. The van der Waals surface area contributed by atoms with Crippen LogP contribution < -0.4 is 5.32 Å². The Kier molecular flexibility index (Phi) is 5.29. The van der Waals surface area contributed by atoms with Crippen molar-refractivity contribution in [3.63, 3.8) is 0 Å². The zero-order valence-electron chi connectivity index (χ0n) is 10.1. The van der Waals surface area contributed by atoms with E-state index in [1.165, 1.54) is 13.5 Å². The van der Waals surface area contributed by atoms with E-state index >= 15 is 0 Å². The molecule has 4 nitrogen and oxygen atoms in total. The average molecular weight is 227 g/mol. The quantitative estimate of drug-likeness (QED) is 0.801. The number of rotatable bonds is 4. The van der Waals surface area contributed by atoms with Crippen LogP contribution in [0.3, 0.4) is 0 Å². The third kappa shape index (κ3) is 3.51. The molecule has 0 radical (unpaired) electrons. The molecule has 0 aromatic rings. The fourth-order valence-electron chi connectivity index (χ4n) is 2.33. The summed E-state index contributed by atoms with van der Waals surface area (Å²) in [5.41, 5.74) is 0. The van der Waals surface area contributed by atoms with Crippen LogP contribution in [-0.4, -0.2) is 25.0 Å². The second-order valence-electron chi connectivity index (χ2n) is 4.33. The van der Waals surface area contributed by atoms with Crippen LogP contribution in [-0.2, 0) is 9.53 Å². The maximum Gasteiger partial charge on any atom is 0.407 e. The first kappa shape index (κ1) is 13.0. The Morgan fingerprint density at radius 2 is 1.94 bits per heavy atom. The summed E-state index contributed by atoms with van der Waals surface area (Å²) < 4.78 is 4.56. The van der Waals surface area contributed by atoms with Gasteiger partial charge < -0.3 is 10.1 Å². The molecule has 16 heavy (non-hydrogen) atoms. The fourth-order valence-corrected chi connectivity index (χ4v) is 2.33. The monoisotopic (exact) mass is 227 g/mol. The Hall–Kier alpha value is -1.06. The van der Waals surface area contributed by atoms with Crippen molar-refractivity contribution in [3.05, 3.63) is 0 Å². The van der Waals surface area contributed by atoms with Gasteiger partial charge >= 0.3 is 6.09 Å². The molecule has 1 atom stereocenters. The molecule has 0 saturated heterocycles. The Labute approximate surface area is 96.7 Å². The lowest BCUT2D eigenvalue weighted by Gasteiger charge is -2.29. The van der Waals surface area contributed by atoms with Gasteiger partial charge in [0, 0.05) is 6.42 Å². The standard InChI is InChI=1S/C12H21NO3/c1-3-10(14)11(13-12(15)16-2)9-7-5-4-6-8-9/h9,11H,3-8H2,1-2H3,(H,13,15)/t11-/m0/s1. The number of carbonyl (C=O) groups excluding carboxylic acids is 2. The highest BCUT2D eigenvalue weighted by molar-refractivity contribution is 5.87. The molecule has 1 saturated carbocycles. The van der Waals surface area contributed by atoms with Crippen LogP contribution in [0.4, 0.5) is 4.79 Å². The van der Waals surface area contributed by atoms with Crippen LogP contribution in [0.1, 0.15) is 45.4 Å². The van der Waals surface area contributed by atoms with Crippen molar-refractivity contribution >= 4 is 11.9 Å². The van der Waals surface area contributed by atoms with Gasteiger partial charge in [-0.05, 0) is 18.8 Å². The second kappa shape index (κ2) is 6.51. The number of alkyl carbamates (subject to hydrolysis) is 1. The first-order valence-corrected chi connectivity index (χ1v) is 6.06. The smallest absolute Gasteiger partial charge is 0.407 e. The molecule has 1 aliphatic carbocycles. The Morgan fingerprint density at radius 1 is 1.31 bits per heavy atom. The SMILES string of the molecule is CCC(=O)[C@@H](NC(=O)OC)C1CCCCC1. The molecule has 4 heteroatoms. The maximum atomic E-state index is 11.8. The van der Waals surface area contributed by atoms with E-state index in [9.17, 15) is 9.59 Å². The summed E-state index contributed by atoms with van der Waals surface area (Å²) in [4.78, 5) is 23.0. The van der Waals surface area contributed by atoms with Gasteiger partial charge in [-0.1, -0.05) is 26.2 Å². The third-order valence-electron chi connectivity index (χ3n) is 3.28. The fraction of sp³-hybridized carbons (Fsp3) is 0.833. The predicted octanol–water partition coefficient (Wildman–Crippen LogP) is 2.27. The van der Waals surface area contributed by atoms with Crippen LogP contribution in [0.5, 0.6) is 0 Å². The molecule has 1 rings (SSSR count). The van der Waals surface area contributed by atoms with Crippen molar-refractivity contribution in [1.82, 2.24) is 5.32 Å². The van der Waals surface area contributed by atoms with E-state index < -0.39 is 6.09 Å². The van der Waals surface area contributed by atoms with E-state index in [4.69, 9.17) is 0 Å². The molecule has 1 fully saturated rings. The van der Waals surface area contributed by atoms with Gasteiger partial charge in [-0.2, -0.15) is 0 Å². The van der Waals surface area contributed by atoms with Crippen LogP contribution in [0.2, 0.25) is 0 Å². The number of methoxy groups -OCH3 is 1. The van der Waals surface area contributed by atoms with Gasteiger partial charge in [-0.3, -0.25) is 4.79 Å². The lowest BCUT2D eigenvalue weighted by molar-refractivity contribution is -0.122. The highest BCUT2D eigenvalue weighted by Crippen LogP contribution is 2.27. The normalized spacial score (nSPS) is 18.9. The number of Topliss-reactive ketones (excluding diaryl/α,β-unsaturated/α-hetero) is 1. The molecule has 0 bridgehead atoms. The molecule has 1 aliphatic rings. The summed E-state index contributed by atoms with van der Waals surface area (Å²) in [7, 11) is 1.32. The lowest BCUT2D eigenvalue weighted by Crippen LogP contribution is -2.46. The van der Waals surface area contributed by atoms with Gasteiger partial charge in [-0.15, -0.1) is 0 Å². The minimum atomic E-state index is -0.502. The molecule has 0 aromatic carbocycles. The number of hydrogen-bond donors (Lipinski definition) is 1. The maximum absolute atomic E-state index is 11.8. The molecule has 0 unspecified atom stereocenters. The summed E-state index contributed by atoms with van der Waals surface area (Å²) >= 11 is 0. The Bertz CT molecular complexity index is 247. The molecular weight excluding hydrogens is 206 g/mol. The first-order valence-electron chi connectivity index (χ1n) is 6.06. The number of ketones is 1. The van der Waals surface area contributed by atoms with Crippen molar-refractivity contribution < 1.29 is 14.3 Å². The Balaban J connectivity index is 2.61. The van der Waals surface area contributed by atoms with Crippen molar-refractivity contribution in [3.8, 4) is 0 Å². The molecule has 1 N–H and O–H groups in total. The van der Waals surface area contributed by atoms with Crippen LogP contribution in [0.15, 0.2) is 0 Å². The molecule has 0 aromatic heterocycles. The van der Waals surface area contributed by atoms with Gasteiger partial charge in [0.2, 0.25) is 0 Å². The van der Waals surface area contributed by atoms with E-state index in [0.29, 0.717) is 12.3 Å². The van der Waals surface area contributed by atoms with Gasteiger partial charge in [0.05, 0.1) is 13.2 Å². The van der Waals surface area contributed by atoms with E-state index in [2.05, 4.69) is 10.1 Å². The minimum absolute atomic E-state index is 0.109. The highest BCUT2D eigenvalue weighted by Gasteiger charge is 2.29. The van der Waals surface area contributed by atoms with Crippen molar-refractivity contribution in [1.29, 1.82) is 0 Å². The van der Waals surface area contributed by atoms with Crippen LogP contribution in [0, 0.1) is 5.92 Å². The van der Waals surface area contributed by atoms with E-state index in [-0.39, 0.29) is 11.8 Å². The van der Waals surface area contributed by atoms with Crippen LogP contribution >= 0.6 is 0 Å². The topological polar surface area (TPSA) is 55.4 Å². The van der Waals surface area contributed by atoms with Gasteiger partial charge in [0.15, 0.2) is 5.78 Å². The first-order chi connectivity index (χ1) is 7.69. The molecule has 0 heterocycles. The van der Waals surface area contributed by atoms with Gasteiger partial charge in [0.25, 0.3) is 0 Å². The van der Waals surface area contributed by atoms with E-state index in [1.807, 2.05) is 6.92 Å². The number of ether oxygens (including phenoxy) is 1. The van der Waals surface area contributed by atoms with Gasteiger partial charge in [0.1, 0.15) is 0 Å². The Morgan fingerprint density at radius 3 is 2.44 bits per heavy atom. The number of carbonyl (C=O) groups is 2. The van der Waals surface area contributed by atoms with E-state index in [1.54, 1.807) is 0 Å². The summed E-state index contributed by atoms with van der Waals surface area (Å²) in [6.07, 6.45) is 5.56. The molecule has 92 valence electrons. The average Bonchev–Trinajstić information content (AvgIpc) is 2.35. The van der Waals surface area contributed by atoms with E-state index in [0.717, 1.165) is 25.7 Å². The number of amides is 1. The molecular formula is C12H21NO3. The highest BCUT2D eigenvalue weighted by atomic mass is 16.5. The lowest BCUT2D eigenvalue weighted by atomic mass is 9.82. The number of nitrogens with one attached hydrogen (secondary N) is 1. The van der Waals surface area contributed by atoms with Crippen LogP contribution in [0.25, 0.3) is 0 Å². The summed E-state index contributed by atoms with van der Waals surface area (Å²) in [6, 6.07) is -0.349. The second-order valence-corrected chi connectivity index (χ2v) is 4.33. The zero-order valence-corrected chi connectivity index (χ0v) is 10.1. The third-order valence-corrected chi connectivity index (χ3v) is 3.28. The molecule has 0 spiro atoms. The largest absolute Gasteiger partial charge is 0.453 e. The van der Waals surface area contributed by atoms with Crippen molar-refractivity contribution in [2.75, 3.05) is 7.11 Å². The molecule has 0 aliphatic heterocycles. The zero-order chi connectivity index (χ0) is 12.0. The van der Waals surface area contributed by atoms with Crippen molar-refractivity contribution in [2.45, 2.75) is 51.5 Å². The number of hydrogen-bond acceptors (Lipinski definition) is 3. The summed E-state index contributed by atoms with van der Waals surface area (Å²) in [5, 5.41) is 2.68. The van der Waals surface area contributed by atoms with Crippen molar-refractivity contribution in [2.24, 2.45) is 5.92 Å². The summed E-state index contributed by atoms with van der Waals surface area (Å²) in [6.45, 7) is 1.83. The predicted molar refractivity (Wildman–Crippen MR) is 61.2 cm³/mol.